The van der Waals surface area contributed by atoms with Crippen LogP contribution in [0.4, 0.5) is 0 Å². The van der Waals surface area contributed by atoms with Crippen LogP contribution < -0.4 is 4.74 Å². The van der Waals surface area contributed by atoms with Crippen molar-refractivity contribution in [2.24, 2.45) is 0 Å². The summed E-state index contributed by atoms with van der Waals surface area (Å²) in [5, 5.41) is 8.69. The van der Waals surface area contributed by atoms with E-state index in [4.69, 9.17) is 9.84 Å². The van der Waals surface area contributed by atoms with Crippen LogP contribution in [0.3, 0.4) is 0 Å². The summed E-state index contributed by atoms with van der Waals surface area (Å²) in [7, 11) is 1.48. The number of methoxy groups -OCH3 is 1. The van der Waals surface area contributed by atoms with E-state index in [1.807, 2.05) is 0 Å². The molecule has 0 atom stereocenters. The molecule has 0 fully saturated rings. The minimum Gasteiger partial charge on any atom is -0.481 e. The average molecular weight is 210 g/mol. The van der Waals surface area contributed by atoms with Crippen LogP contribution in [0.1, 0.15) is 35.9 Å². The first kappa shape index (κ1) is 11.4. The summed E-state index contributed by atoms with van der Waals surface area (Å²) in [6.45, 7) is 2.08. The molecule has 1 N–H and O–H groups in total. The molecule has 0 spiro atoms. The predicted octanol–water partition coefficient (Wildman–Crippen LogP) is 1.53. The summed E-state index contributed by atoms with van der Waals surface area (Å²) in [4.78, 5) is 18.2. The zero-order valence-corrected chi connectivity index (χ0v) is 8.86. The SMILES string of the molecule is CCCCc1cnc(C(=O)O)nc1OC. The van der Waals surface area contributed by atoms with Gasteiger partial charge in [0.1, 0.15) is 0 Å². The first-order chi connectivity index (χ1) is 7.19. The van der Waals surface area contributed by atoms with Gasteiger partial charge < -0.3 is 9.84 Å². The lowest BCUT2D eigenvalue weighted by Crippen LogP contribution is -2.07. The maximum atomic E-state index is 10.6. The van der Waals surface area contributed by atoms with Crippen LogP contribution >= 0.6 is 0 Å². The van der Waals surface area contributed by atoms with Gasteiger partial charge >= 0.3 is 5.97 Å². The summed E-state index contributed by atoms with van der Waals surface area (Å²) in [6.07, 6.45) is 4.39. The molecule has 0 aliphatic rings. The number of ether oxygens (including phenoxy) is 1. The second kappa shape index (κ2) is 5.29. The molecule has 0 amide bonds. The fourth-order valence-electron chi connectivity index (χ4n) is 1.21. The molecule has 82 valence electrons. The molecule has 1 heterocycles. The first-order valence-electron chi connectivity index (χ1n) is 4.82. The topological polar surface area (TPSA) is 72.3 Å². The highest BCUT2D eigenvalue weighted by Crippen LogP contribution is 2.16. The third-order valence-electron chi connectivity index (χ3n) is 2.01. The number of carbonyl (C=O) groups is 1. The Morgan fingerprint density at radius 2 is 2.33 bits per heavy atom. The number of carboxylic acid groups (broad SMARTS) is 1. The molecule has 0 aliphatic carbocycles. The molecular weight excluding hydrogens is 196 g/mol. The fraction of sp³-hybridized carbons (Fsp3) is 0.500. The standard InChI is InChI=1S/C10H14N2O3/c1-3-4-5-7-6-11-8(10(13)14)12-9(7)15-2/h6H,3-5H2,1-2H3,(H,13,14). The van der Waals surface area contributed by atoms with Crippen LogP contribution in [-0.4, -0.2) is 28.2 Å². The Balaban J connectivity index is 2.93. The summed E-state index contributed by atoms with van der Waals surface area (Å²) in [5.74, 6) is -1.02. The molecule has 5 nitrogen and oxygen atoms in total. The van der Waals surface area contributed by atoms with Crippen molar-refractivity contribution in [1.29, 1.82) is 0 Å². The molecule has 0 aliphatic heterocycles. The molecule has 5 heteroatoms. The Hall–Kier alpha value is -1.65. The maximum Gasteiger partial charge on any atom is 0.374 e. The molecule has 1 rings (SSSR count). The van der Waals surface area contributed by atoms with Gasteiger partial charge in [0.15, 0.2) is 0 Å². The first-order valence-corrected chi connectivity index (χ1v) is 4.82. The molecule has 0 unspecified atom stereocenters. The summed E-state index contributed by atoms with van der Waals surface area (Å²) in [5.41, 5.74) is 0.851. The number of aromatic carboxylic acids is 1. The van der Waals surface area contributed by atoms with Crippen LogP contribution in [0.2, 0.25) is 0 Å². The third-order valence-corrected chi connectivity index (χ3v) is 2.01. The van der Waals surface area contributed by atoms with Crippen molar-refractivity contribution >= 4 is 5.97 Å². The Morgan fingerprint density at radius 3 is 2.87 bits per heavy atom. The molecular formula is C10H14N2O3. The average Bonchev–Trinajstić information content (AvgIpc) is 2.25. The number of aryl methyl sites for hydroxylation is 1. The van der Waals surface area contributed by atoms with E-state index in [1.165, 1.54) is 13.3 Å². The number of nitrogens with zero attached hydrogens (tertiary/aromatic N) is 2. The van der Waals surface area contributed by atoms with Crippen molar-refractivity contribution in [1.82, 2.24) is 9.97 Å². The van der Waals surface area contributed by atoms with E-state index in [2.05, 4.69) is 16.9 Å². The Labute approximate surface area is 88.1 Å². The normalized spacial score (nSPS) is 10.0. The molecule has 0 saturated heterocycles. The maximum absolute atomic E-state index is 10.6. The Morgan fingerprint density at radius 1 is 1.60 bits per heavy atom. The van der Waals surface area contributed by atoms with Crippen molar-refractivity contribution in [3.63, 3.8) is 0 Å². The summed E-state index contributed by atoms with van der Waals surface area (Å²) < 4.78 is 5.02. The molecule has 0 aromatic carbocycles. The van der Waals surface area contributed by atoms with Gasteiger partial charge in [0, 0.05) is 11.8 Å². The molecule has 0 bridgehead atoms. The number of aromatic nitrogens is 2. The highest BCUT2D eigenvalue weighted by molar-refractivity contribution is 5.83. The summed E-state index contributed by atoms with van der Waals surface area (Å²) in [6, 6.07) is 0. The number of rotatable bonds is 5. The minimum atomic E-state index is -1.14. The lowest BCUT2D eigenvalue weighted by atomic mass is 10.1. The molecule has 1 aromatic heterocycles. The number of carboxylic acids is 1. The number of hydrogen-bond donors (Lipinski definition) is 1. The van der Waals surface area contributed by atoms with Crippen LogP contribution in [0.25, 0.3) is 0 Å². The fourth-order valence-corrected chi connectivity index (χ4v) is 1.21. The number of unbranched alkanes of at least 4 members (excludes halogenated alkanes) is 1. The van der Waals surface area contributed by atoms with Crippen LogP contribution in [0.5, 0.6) is 5.88 Å². The number of hydrogen-bond acceptors (Lipinski definition) is 4. The smallest absolute Gasteiger partial charge is 0.374 e. The largest absolute Gasteiger partial charge is 0.481 e. The quantitative estimate of drug-likeness (QED) is 0.797. The van der Waals surface area contributed by atoms with Crippen molar-refractivity contribution in [2.75, 3.05) is 7.11 Å². The highest BCUT2D eigenvalue weighted by atomic mass is 16.5. The van der Waals surface area contributed by atoms with Crippen LogP contribution in [0.15, 0.2) is 6.20 Å². The second-order valence-electron chi connectivity index (χ2n) is 3.14. The zero-order valence-electron chi connectivity index (χ0n) is 8.86. The Kier molecular flexibility index (Phi) is 4.03. The van der Waals surface area contributed by atoms with E-state index in [-0.39, 0.29) is 5.82 Å². The predicted molar refractivity (Wildman–Crippen MR) is 54.2 cm³/mol. The zero-order chi connectivity index (χ0) is 11.3. The third kappa shape index (κ3) is 2.90. The van der Waals surface area contributed by atoms with Gasteiger partial charge in [-0.05, 0) is 12.8 Å². The van der Waals surface area contributed by atoms with E-state index >= 15 is 0 Å². The molecule has 0 radical (unpaired) electrons. The lowest BCUT2D eigenvalue weighted by Gasteiger charge is -2.06. The molecule has 0 saturated carbocycles. The monoisotopic (exact) mass is 210 g/mol. The minimum absolute atomic E-state index is 0.230. The van der Waals surface area contributed by atoms with Gasteiger partial charge in [-0.25, -0.2) is 9.78 Å². The van der Waals surface area contributed by atoms with E-state index in [0.29, 0.717) is 5.88 Å². The van der Waals surface area contributed by atoms with E-state index in [9.17, 15) is 4.79 Å². The van der Waals surface area contributed by atoms with Crippen LogP contribution in [-0.2, 0) is 6.42 Å². The van der Waals surface area contributed by atoms with Gasteiger partial charge in [0.05, 0.1) is 7.11 Å². The van der Waals surface area contributed by atoms with Crippen molar-refractivity contribution in [3.8, 4) is 5.88 Å². The van der Waals surface area contributed by atoms with Gasteiger partial charge in [0.2, 0.25) is 11.7 Å². The summed E-state index contributed by atoms with van der Waals surface area (Å²) >= 11 is 0. The van der Waals surface area contributed by atoms with Gasteiger partial charge in [-0.15, -0.1) is 0 Å². The highest BCUT2D eigenvalue weighted by Gasteiger charge is 2.11. The van der Waals surface area contributed by atoms with Crippen LogP contribution in [0, 0.1) is 0 Å². The van der Waals surface area contributed by atoms with Crippen molar-refractivity contribution in [2.45, 2.75) is 26.2 Å². The van der Waals surface area contributed by atoms with Gasteiger partial charge in [-0.3, -0.25) is 0 Å². The second-order valence-corrected chi connectivity index (χ2v) is 3.14. The van der Waals surface area contributed by atoms with E-state index in [1.54, 1.807) is 0 Å². The van der Waals surface area contributed by atoms with Gasteiger partial charge in [-0.2, -0.15) is 4.98 Å². The van der Waals surface area contributed by atoms with Gasteiger partial charge in [0.25, 0.3) is 0 Å². The Bertz CT molecular complexity index is 353. The van der Waals surface area contributed by atoms with Crippen molar-refractivity contribution in [3.05, 3.63) is 17.6 Å². The van der Waals surface area contributed by atoms with Crippen molar-refractivity contribution < 1.29 is 14.6 Å². The molecule has 1 aromatic rings. The van der Waals surface area contributed by atoms with E-state index in [0.717, 1.165) is 24.8 Å². The van der Waals surface area contributed by atoms with Gasteiger partial charge in [-0.1, -0.05) is 13.3 Å². The van der Waals surface area contributed by atoms with E-state index < -0.39 is 5.97 Å². The molecule has 15 heavy (non-hydrogen) atoms. The lowest BCUT2D eigenvalue weighted by molar-refractivity contribution is 0.0682.